The van der Waals surface area contributed by atoms with Crippen molar-refractivity contribution < 1.29 is 18.0 Å². The molecular formula is C25H27N3O4S. The van der Waals surface area contributed by atoms with E-state index < -0.39 is 10.0 Å². The fraction of sp³-hybridized carbons (Fsp3) is 0.280. The Morgan fingerprint density at radius 2 is 1.67 bits per heavy atom. The largest absolute Gasteiger partial charge is 0.339 e. The van der Waals surface area contributed by atoms with E-state index in [4.69, 9.17) is 5.14 Å². The van der Waals surface area contributed by atoms with Gasteiger partial charge in [-0.05, 0) is 66.8 Å². The lowest BCUT2D eigenvalue weighted by Crippen LogP contribution is -2.41. The smallest absolute Gasteiger partial charge is 0.254 e. The van der Waals surface area contributed by atoms with Crippen LogP contribution in [0.4, 0.5) is 5.69 Å². The van der Waals surface area contributed by atoms with Gasteiger partial charge in [0.2, 0.25) is 15.9 Å². The fourth-order valence-electron chi connectivity index (χ4n) is 4.28. The zero-order chi connectivity index (χ0) is 23.8. The molecule has 0 radical (unpaired) electrons. The summed E-state index contributed by atoms with van der Waals surface area (Å²) in [7, 11) is -3.88. The molecule has 1 aliphatic heterocycles. The minimum atomic E-state index is -3.88. The van der Waals surface area contributed by atoms with E-state index in [1.807, 2.05) is 49.4 Å². The Labute approximate surface area is 193 Å². The number of hydrogen-bond donors (Lipinski definition) is 2. The number of hydrogen-bond acceptors (Lipinski definition) is 4. The van der Waals surface area contributed by atoms with Gasteiger partial charge in [-0.25, -0.2) is 13.6 Å². The number of likely N-dealkylation sites (tertiary alicyclic amines) is 1. The number of nitrogens with two attached hydrogens (primary N) is 1. The van der Waals surface area contributed by atoms with E-state index >= 15 is 0 Å². The number of sulfonamides is 1. The van der Waals surface area contributed by atoms with Crippen molar-refractivity contribution in [3.05, 3.63) is 71.3 Å². The summed E-state index contributed by atoms with van der Waals surface area (Å²) in [5, 5.41) is 10.1. The van der Waals surface area contributed by atoms with Crippen LogP contribution in [0.3, 0.4) is 0 Å². The van der Waals surface area contributed by atoms with Gasteiger partial charge < -0.3 is 10.2 Å². The molecule has 33 heavy (non-hydrogen) atoms. The monoisotopic (exact) mass is 465 g/mol. The summed E-state index contributed by atoms with van der Waals surface area (Å²) >= 11 is 0. The van der Waals surface area contributed by atoms with Crippen LogP contribution in [-0.4, -0.2) is 38.2 Å². The van der Waals surface area contributed by atoms with E-state index in [1.165, 1.54) is 12.1 Å². The Balaban J connectivity index is 1.45. The predicted molar refractivity (Wildman–Crippen MR) is 128 cm³/mol. The number of carbonyl (C=O) groups is 2. The molecule has 2 amide bonds. The van der Waals surface area contributed by atoms with Gasteiger partial charge in [0.1, 0.15) is 0 Å². The van der Waals surface area contributed by atoms with Crippen LogP contribution in [0.15, 0.2) is 59.5 Å². The number of primary sulfonamides is 1. The number of benzene rings is 3. The van der Waals surface area contributed by atoms with Crippen molar-refractivity contribution in [3.63, 3.8) is 0 Å². The van der Waals surface area contributed by atoms with Gasteiger partial charge in [-0.2, -0.15) is 0 Å². The maximum absolute atomic E-state index is 13.2. The molecule has 1 saturated heterocycles. The number of aryl methyl sites for hydroxylation is 1. The van der Waals surface area contributed by atoms with Crippen LogP contribution >= 0.6 is 0 Å². The van der Waals surface area contributed by atoms with Crippen molar-refractivity contribution in [2.24, 2.45) is 11.1 Å². The molecule has 8 heteroatoms. The lowest BCUT2D eigenvalue weighted by atomic mass is 9.94. The van der Waals surface area contributed by atoms with Gasteiger partial charge in [0.05, 0.1) is 4.90 Å². The van der Waals surface area contributed by atoms with Crippen molar-refractivity contribution in [2.75, 3.05) is 18.4 Å². The highest BCUT2D eigenvalue weighted by atomic mass is 32.2. The van der Waals surface area contributed by atoms with Gasteiger partial charge in [0.25, 0.3) is 5.91 Å². The van der Waals surface area contributed by atoms with E-state index in [1.54, 1.807) is 11.8 Å². The zero-order valence-corrected chi connectivity index (χ0v) is 19.5. The summed E-state index contributed by atoms with van der Waals surface area (Å²) < 4.78 is 23.5. The van der Waals surface area contributed by atoms with Gasteiger partial charge >= 0.3 is 0 Å². The van der Waals surface area contributed by atoms with Crippen LogP contribution in [0, 0.1) is 19.8 Å². The minimum absolute atomic E-state index is 0.0296. The molecule has 7 nitrogen and oxygen atoms in total. The van der Waals surface area contributed by atoms with Gasteiger partial charge in [0, 0.05) is 30.3 Å². The van der Waals surface area contributed by atoms with Crippen molar-refractivity contribution >= 4 is 38.3 Å². The van der Waals surface area contributed by atoms with Crippen LogP contribution in [0.25, 0.3) is 10.8 Å². The zero-order valence-electron chi connectivity index (χ0n) is 18.7. The fourth-order valence-corrected chi connectivity index (χ4v) is 4.91. The first-order valence-electron chi connectivity index (χ1n) is 10.9. The molecule has 1 heterocycles. The van der Waals surface area contributed by atoms with Gasteiger partial charge in [0.15, 0.2) is 0 Å². The van der Waals surface area contributed by atoms with Gasteiger partial charge in [-0.3, -0.25) is 9.59 Å². The third-order valence-electron chi connectivity index (χ3n) is 6.40. The Bertz CT molecular complexity index is 1340. The number of piperidine rings is 1. The molecule has 4 rings (SSSR count). The first-order chi connectivity index (χ1) is 15.6. The number of carbonyl (C=O) groups excluding carboxylic acids is 2. The number of anilines is 1. The van der Waals surface area contributed by atoms with Crippen molar-refractivity contribution in [1.82, 2.24) is 4.90 Å². The highest BCUT2D eigenvalue weighted by Gasteiger charge is 2.29. The molecule has 3 aromatic rings. The lowest BCUT2D eigenvalue weighted by molar-refractivity contribution is -0.121. The van der Waals surface area contributed by atoms with Crippen molar-refractivity contribution in [3.8, 4) is 0 Å². The second-order valence-electron chi connectivity index (χ2n) is 8.54. The minimum Gasteiger partial charge on any atom is -0.339 e. The highest BCUT2D eigenvalue weighted by molar-refractivity contribution is 7.89. The topological polar surface area (TPSA) is 110 Å². The number of fused-ring (bicyclic) bond motifs is 1. The summed E-state index contributed by atoms with van der Waals surface area (Å²) in [4.78, 5) is 27.8. The summed E-state index contributed by atoms with van der Waals surface area (Å²) in [6, 6.07) is 16.4. The van der Waals surface area contributed by atoms with Gasteiger partial charge in [-0.15, -0.1) is 0 Å². The highest BCUT2D eigenvalue weighted by Crippen LogP contribution is 2.27. The standard InChI is InChI=1S/C25H27N3O4S/c1-16-14-20(33(26,31)32)15-23(17(16)2)27-24(29)19-10-12-28(13-11-19)25(30)22-9-5-7-18-6-3-4-8-21(18)22/h3-9,14-15,19H,10-13H2,1-2H3,(H,27,29)(H2,26,31,32). The number of rotatable bonds is 4. The normalized spacial score (nSPS) is 14.9. The lowest BCUT2D eigenvalue weighted by Gasteiger charge is -2.32. The van der Waals surface area contributed by atoms with E-state index in [9.17, 15) is 18.0 Å². The number of nitrogens with zero attached hydrogens (tertiary/aromatic N) is 1. The Morgan fingerprint density at radius 1 is 1.00 bits per heavy atom. The number of amides is 2. The maximum atomic E-state index is 13.2. The molecule has 0 atom stereocenters. The Hall–Kier alpha value is -3.23. The van der Waals surface area contributed by atoms with Crippen molar-refractivity contribution in [1.29, 1.82) is 0 Å². The molecule has 0 spiro atoms. The summed E-state index contributed by atoms with van der Waals surface area (Å²) in [5.74, 6) is -0.473. The molecule has 0 bridgehead atoms. The molecule has 3 N–H and O–H groups in total. The first kappa shape index (κ1) is 22.9. The second kappa shape index (κ2) is 8.96. The summed E-state index contributed by atoms with van der Waals surface area (Å²) in [6.45, 7) is 4.56. The third kappa shape index (κ3) is 4.77. The Kier molecular flexibility index (Phi) is 6.23. The molecule has 172 valence electrons. The van der Waals surface area contributed by atoms with Gasteiger partial charge in [-0.1, -0.05) is 36.4 Å². The van der Waals surface area contributed by atoms with E-state index in [-0.39, 0.29) is 22.6 Å². The molecular weight excluding hydrogens is 438 g/mol. The first-order valence-corrected chi connectivity index (χ1v) is 12.4. The van der Waals surface area contributed by atoms with Crippen LogP contribution in [0.5, 0.6) is 0 Å². The second-order valence-corrected chi connectivity index (χ2v) is 10.1. The maximum Gasteiger partial charge on any atom is 0.254 e. The van der Waals surface area contributed by atoms with Crippen molar-refractivity contribution in [2.45, 2.75) is 31.6 Å². The van der Waals surface area contributed by atoms with E-state index in [0.717, 1.165) is 21.9 Å². The van der Waals surface area contributed by atoms with Crippen LogP contribution < -0.4 is 10.5 Å². The quantitative estimate of drug-likeness (QED) is 0.613. The van der Waals surface area contributed by atoms with E-state index in [2.05, 4.69) is 5.32 Å². The Morgan fingerprint density at radius 3 is 2.36 bits per heavy atom. The molecule has 1 aliphatic rings. The number of nitrogens with one attached hydrogen (secondary N) is 1. The molecule has 1 fully saturated rings. The van der Waals surface area contributed by atoms with Crippen LogP contribution in [0.1, 0.15) is 34.3 Å². The molecule has 0 aromatic heterocycles. The van der Waals surface area contributed by atoms with Crippen LogP contribution in [-0.2, 0) is 14.8 Å². The van der Waals surface area contributed by atoms with Crippen LogP contribution in [0.2, 0.25) is 0 Å². The summed E-state index contributed by atoms with van der Waals surface area (Å²) in [5.41, 5.74) is 2.63. The predicted octanol–water partition coefficient (Wildman–Crippen LogP) is 3.59. The molecule has 0 aliphatic carbocycles. The molecule has 0 unspecified atom stereocenters. The third-order valence-corrected chi connectivity index (χ3v) is 7.29. The average Bonchev–Trinajstić information content (AvgIpc) is 2.80. The summed E-state index contributed by atoms with van der Waals surface area (Å²) in [6.07, 6.45) is 1.07. The molecule has 3 aromatic carbocycles. The SMILES string of the molecule is Cc1cc(S(N)(=O)=O)cc(NC(=O)C2CCN(C(=O)c3cccc4ccccc34)CC2)c1C. The molecule has 0 saturated carbocycles. The average molecular weight is 466 g/mol. The van der Waals surface area contributed by atoms with E-state index in [0.29, 0.717) is 37.2 Å².